The maximum atomic E-state index is 13.2. The minimum atomic E-state index is -0.597. The highest BCUT2D eigenvalue weighted by molar-refractivity contribution is 6.30. The van der Waals surface area contributed by atoms with Crippen molar-refractivity contribution >= 4 is 34.6 Å². The summed E-state index contributed by atoms with van der Waals surface area (Å²) in [6.07, 6.45) is 0. The number of rotatable bonds is 2. The summed E-state index contributed by atoms with van der Waals surface area (Å²) in [7, 11) is 0. The van der Waals surface area contributed by atoms with E-state index in [9.17, 15) is 4.79 Å². The van der Waals surface area contributed by atoms with Gasteiger partial charge in [-0.05, 0) is 57.5 Å². The van der Waals surface area contributed by atoms with Gasteiger partial charge in [0, 0.05) is 10.7 Å². The van der Waals surface area contributed by atoms with Gasteiger partial charge in [0.05, 0.1) is 22.6 Å². The molecule has 0 fully saturated rings. The van der Waals surface area contributed by atoms with Crippen molar-refractivity contribution in [3.8, 4) is 0 Å². The smallest absolute Gasteiger partial charge is 0.338 e. The molecule has 6 heteroatoms. The molecule has 0 saturated heterocycles. The number of carbonyl (C=O) groups excluding carboxylic acids is 1. The molecule has 144 valence electrons. The second-order valence-corrected chi connectivity index (χ2v) is 8.35. The number of ether oxygens (including phenoxy) is 1. The van der Waals surface area contributed by atoms with E-state index in [1.807, 2.05) is 80.8 Å². The molecule has 0 radical (unpaired) electrons. The summed E-state index contributed by atoms with van der Waals surface area (Å²) in [5.41, 5.74) is 3.37. The highest BCUT2D eigenvalue weighted by Gasteiger charge is 2.36. The fourth-order valence-electron chi connectivity index (χ4n) is 3.55. The number of aromatic nitrogens is 2. The second-order valence-electron chi connectivity index (χ2n) is 7.92. The molecule has 28 heavy (non-hydrogen) atoms. The van der Waals surface area contributed by atoms with E-state index in [0.29, 0.717) is 16.5 Å². The minimum absolute atomic E-state index is 0.356. The summed E-state index contributed by atoms with van der Waals surface area (Å²) in [6, 6.07) is 15.0. The largest absolute Gasteiger partial charge is 0.456 e. The van der Waals surface area contributed by atoms with Crippen molar-refractivity contribution in [2.75, 3.05) is 5.32 Å². The summed E-state index contributed by atoms with van der Waals surface area (Å²) in [5.74, 6) is 0.335. The zero-order valence-corrected chi connectivity index (χ0v) is 17.0. The fourth-order valence-corrected chi connectivity index (χ4v) is 3.75. The van der Waals surface area contributed by atoms with Crippen molar-refractivity contribution in [1.29, 1.82) is 0 Å². The van der Waals surface area contributed by atoms with Gasteiger partial charge in [-0.3, -0.25) is 4.57 Å². The number of hydrogen-bond donors (Lipinski definition) is 1. The lowest BCUT2D eigenvalue weighted by molar-refractivity contribution is -0.150. The normalized spacial score (nSPS) is 16.7. The number of esters is 1. The van der Waals surface area contributed by atoms with E-state index in [0.717, 1.165) is 22.3 Å². The van der Waals surface area contributed by atoms with Crippen LogP contribution in [0.4, 0.5) is 5.95 Å². The highest BCUT2D eigenvalue weighted by atomic mass is 35.5. The third-order valence-corrected chi connectivity index (χ3v) is 4.85. The summed E-state index contributed by atoms with van der Waals surface area (Å²) < 4.78 is 7.76. The van der Waals surface area contributed by atoms with Gasteiger partial charge in [0.2, 0.25) is 5.95 Å². The quantitative estimate of drug-likeness (QED) is 0.596. The topological polar surface area (TPSA) is 56.2 Å². The van der Waals surface area contributed by atoms with Crippen LogP contribution >= 0.6 is 11.6 Å². The average Bonchev–Trinajstić information content (AvgIpc) is 2.96. The van der Waals surface area contributed by atoms with Gasteiger partial charge >= 0.3 is 5.97 Å². The maximum Gasteiger partial charge on any atom is 0.338 e. The number of hydrogen-bond acceptors (Lipinski definition) is 4. The minimum Gasteiger partial charge on any atom is -0.456 e. The lowest BCUT2D eigenvalue weighted by Crippen LogP contribution is -2.32. The van der Waals surface area contributed by atoms with Crippen molar-refractivity contribution in [3.05, 3.63) is 70.4 Å². The molecule has 0 bridgehead atoms. The van der Waals surface area contributed by atoms with E-state index in [1.54, 1.807) is 0 Å². The molecule has 2 aromatic carbocycles. The summed E-state index contributed by atoms with van der Waals surface area (Å²) in [5, 5.41) is 3.89. The predicted molar refractivity (Wildman–Crippen MR) is 111 cm³/mol. The van der Waals surface area contributed by atoms with Gasteiger partial charge in [0.15, 0.2) is 0 Å². The van der Waals surface area contributed by atoms with Gasteiger partial charge in [-0.15, -0.1) is 0 Å². The number of carbonyl (C=O) groups is 1. The Labute approximate surface area is 169 Å². The molecule has 3 aromatic rings. The molecule has 0 spiro atoms. The van der Waals surface area contributed by atoms with Crippen LogP contribution in [0.1, 0.15) is 39.3 Å². The molecule has 1 aliphatic heterocycles. The van der Waals surface area contributed by atoms with Crippen molar-refractivity contribution in [3.63, 3.8) is 0 Å². The Hall–Kier alpha value is -2.79. The zero-order valence-electron chi connectivity index (χ0n) is 16.3. The molecule has 0 aliphatic carbocycles. The van der Waals surface area contributed by atoms with Crippen LogP contribution in [0.25, 0.3) is 11.0 Å². The van der Waals surface area contributed by atoms with Gasteiger partial charge < -0.3 is 10.1 Å². The van der Waals surface area contributed by atoms with Crippen LogP contribution in [0.2, 0.25) is 5.02 Å². The number of fused-ring (bicyclic) bond motifs is 3. The molecule has 1 atom stereocenters. The molecule has 4 rings (SSSR count). The van der Waals surface area contributed by atoms with E-state index in [2.05, 4.69) is 5.32 Å². The Morgan fingerprint density at radius 1 is 1.18 bits per heavy atom. The van der Waals surface area contributed by atoms with Gasteiger partial charge in [0.25, 0.3) is 0 Å². The molecular weight excluding hydrogens is 374 g/mol. The molecule has 1 unspecified atom stereocenters. The van der Waals surface area contributed by atoms with Gasteiger partial charge in [-0.25, -0.2) is 9.78 Å². The Morgan fingerprint density at radius 3 is 2.64 bits per heavy atom. The standard InChI is InChI=1S/C22H22ClN3O2/c1-13-18(20(27)28-22(2,3)4)19(14-8-7-9-15(23)12-14)26-17-11-6-5-10-16(17)25-21(26)24-13/h5-12,19H,1-4H3,(H,24,25). The number of nitrogens with zero attached hydrogens (tertiary/aromatic N) is 2. The number of allylic oxidation sites excluding steroid dienone is 1. The first-order chi connectivity index (χ1) is 13.2. The number of para-hydroxylation sites is 2. The van der Waals surface area contributed by atoms with E-state index in [1.165, 1.54) is 0 Å². The van der Waals surface area contributed by atoms with Gasteiger partial charge in [0.1, 0.15) is 5.60 Å². The van der Waals surface area contributed by atoms with Crippen LogP contribution in [0, 0.1) is 0 Å². The van der Waals surface area contributed by atoms with E-state index in [4.69, 9.17) is 21.3 Å². The fraction of sp³-hybridized carbons (Fsp3) is 0.273. The van der Waals surface area contributed by atoms with E-state index >= 15 is 0 Å². The van der Waals surface area contributed by atoms with E-state index < -0.39 is 11.6 Å². The summed E-state index contributed by atoms with van der Waals surface area (Å²) >= 11 is 6.28. The first-order valence-corrected chi connectivity index (χ1v) is 9.56. The number of imidazole rings is 1. The Balaban J connectivity index is 1.95. The average molecular weight is 396 g/mol. The monoisotopic (exact) mass is 395 g/mol. The van der Waals surface area contributed by atoms with Crippen molar-refractivity contribution < 1.29 is 9.53 Å². The zero-order chi connectivity index (χ0) is 20.1. The summed E-state index contributed by atoms with van der Waals surface area (Å²) in [6.45, 7) is 7.47. The molecule has 1 aromatic heterocycles. The van der Waals surface area contributed by atoms with Crippen LogP contribution in [-0.2, 0) is 9.53 Å². The first-order valence-electron chi connectivity index (χ1n) is 9.18. The number of benzene rings is 2. The van der Waals surface area contributed by atoms with Crippen LogP contribution in [0.5, 0.6) is 0 Å². The third-order valence-electron chi connectivity index (χ3n) is 4.61. The van der Waals surface area contributed by atoms with Crippen LogP contribution in [0.15, 0.2) is 59.8 Å². The number of nitrogens with one attached hydrogen (secondary N) is 1. The van der Waals surface area contributed by atoms with Crippen LogP contribution in [0.3, 0.4) is 0 Å². The highest BCUT2D eigenvalue weighted by Crippen LogP contribution is 2.40. The lowest BCUT2D eigenvalue weighted by Gasteiger charge is -2.32. The molecule has 5 nitrogen and oxygen atoms in total. The van der Waals surface area contributed by atoms with Gasteiger partial charge in [-0.2, -0.15) is 0 Å². The SMILES string of the molecule is CC1=C(C(=O)OC(C)(C)C)C(c2cccc(Cl)c2)n2c(nc3ccccc32)N1. The summed E-state index contributed by atoms with van der Waals surface area (Å²) in [4.78, 5) is 17.9. The molecule has 0 saturated carbocycles. The van der Waals surface area contributed by atoms with E-state index in [-0.39, 0.29) is 5.97 Å². The Morgan fingerprint density at radius 2 is 1.93 bits per heavy atom. The molecule has 1 N–H and O–H groups in total. The van der Waals surface area contributed by atoms with Crippen LogP contribution < -0.4 is 5.32 Å². The van der Waals surface area contributed by atoms with Crippen LogP contribution in [-0.4, -0.2) is 21.1 Å². The first kappa shape index (κ1) is 18.6. The molecule has 0 amide bonds. The maximum absolute atomic E-state index is 13.2. The Kier molecular flexibility index (Phi) is 4.42. The number of halogens is 1. The van der Waals surface area contributed by atoms with Gasteiger partial charge in [-0.1, -0.05) is 35.9 Å². The lowest BCUT2D eigenvalue weighted by atomic mass is 9.95. The third kappa shape index (κ3) is 3.27. The second kappa shape index (κ2) is 6.67. The van der Waals surface area contributed by atoms with Crippen molar-refractivity contribution in [2.24, 2.45) is 0 Å². The molecule has 1 aliphatic rings. The molecular formula is C22H22ClN3O2. The number of anilines is 1. The predicted octanol–water partition coefficient (Wildman–Crippen LogP) is 5.32. The van der Waals surface area contributed by atoms with Crippen molar-refractivity contribution in [2.45, 2.75) is 39.3 Å². The van der Waals surface area contributed by atoms with Crippen molar-refractivity contribution in [1.82, 2.24) is 9.55 Å². The Bertz CT molecular complexity index is 1110. The molecule has 2 heterocycles.